The van der Waals surface area contributed by atoms with Gasteiger partial charge in [-0.1, -0.05) is 12.2 Å². The van der Waals surface area contributed by atoms with E-state index in [0.717, 1.165) is 6.92 Å². The molecule has 0 aromatic rings. The fourth-order valence-corrected chi connectivity index (χ4v) is 0.979. The summed E-state index contributed by atoms with van der Waals surface area (Å²) in [4.78, 5) is 22.5. The number of halogens is 1. The van der Waals surface area contributed by atoms with Crippen molar-refractivity contribution in [2.45, 2.75) is 19.0 Å². The normalized spacial score (nSPS) is 13.4. The lowest BCUT2D eigenvalue weighted by Gasteiger charge is -2.18. The van der Waals surface area contributed by atoms with Crippen LogP contribution >= 0.6 is 0 Å². The molecule has 1 atom stereocenters. The van der Waals surface area contributed by atoms with Gasteiger partial charge in [-0.25, -0.2) is 4.39 Å². The molecule has 0 saturated carbocycles. The molecule has 16 heavy (non-hydrogen) atoms. The highest BCUT2D eigenvalue weighted by molar-refractivity contribution is 5.90. The zero-order chi connectivity index (χ0) is 12.6. The van der Waals surface area contributed by atoms with Crippen LogP contribution in [0.1, 0.15) is 13.3 Å². The largest absolute Gasteiger partial charge is 0.353 e. The minimum absolute atomic E-state index is 0.173. The Labute approximate surface area is 94.6 Å². The third kappa shape index (κ3) is 5.29. The summed E-state index contributed by atoms with van der Waals surface area (Å²) < 4.78 is 13.8. The maximum atomic E-state index is 13.8. The molecular weight excluding hydrogens is 211 g/mol. The second kappa shape index (κ2) is 6.76. The molecule has 0 bridgehead atoms. The van der Waals surface area contributed by atoms with Crippen molar-refractivity contribution < 1.29 is 14.0 Å². The number of alkyl halides is 1. The van der Waals surface area contributed by atoms with Gasteiger partial charge in [-0.2, -0.15) is 0 Å². The lowest BCUT2D eigenvalue weighted by atomic mass is 10.0. The monoisotopic (exact) mass is 228 g/mol. The summed E-state index contributed by atoms with van der Waals surface area (Å²) in [6, 6.07) is 0. The van der Waals surface area contributed by atoms with Gasteiger partial charge in [0, 0.05) is 13.1 Å². The van der Waals surface area contributed by atoms with Crippen molar-refractivity contribution in [1.82, 2.24) is 10.6 Å². The molecule has 2 N–H and O–H groups in total. The molecule has 5 heteroatoms. The Morgan fingerprint density at radius 3 is 2.25 bits per heavy atom. The number of rotatable bonds is 7. The first-order chi connectivity index (χ1) is 7.44. The van der Waals surface area contributed by atoms with E-state index in [9.17, 15) is 14.0 Å². The van der Waals surface area contributed by atoms with Gasteiger partial charge < -0.3 is 10.6 Å². The van der Waals surface area contributed by atoms with E-state index in [4.69, 9.17) is 0 Å². The van der Waals surface area contributed by atoms with E-state index < -0.39 is 23.9 Å². The quantitative estimate of drug-likeness (QED) is 0.630. The molecule has 0 heterocycles. The summed E-state index contributed by atoms with van der Waals surface area (Å²) in [5, 5.41) is 4.70. The number of amides is 2. The Morgan fingerprint density at radius 1 is 1.25 bits per heavy atom. The summed E-state index contributed by atoms with van der Waals surface area (Å²) in [6.45, 7) is 8.29. The van der Waals surface area contributed by atoms with Gasteiger partial charge in [0.25, 0.3) is 5.91 Å². The van der Waals surface area contributed by atoms with Crippen LogP contribution in [0.5, 0.6) is 0 Å². The molecule has 0 saturated heterocycles. The Bertz CT molecular complexity index is 288. The fraction of sp³-hybridized carbons (Fsp3) is 0.455. The number of carbonyl (C=O) groups is 2. The minimum atomic E-state index is -2.21. The smallest absolute Gasteiger partial charge is 0.258 e. The fourth-order valence-electron chi connectivity index (χ4n) is 0.979. The highest BCUT2D eigenvalue weighted by atomic mass is 19.1. The van der Waals surface area contributed by atoms with Crippen LogP contribution in [0.3, 0.4) is 0 Å². The summed E-state index contributed by atoms with van der Waals surface area (Å²) in [7, 11) is 0. The average Bonchev–Trinajstić information content (AvgIpc) is 2.22. The van der Waals surface area contributed by atoms with Gasteiger partial charge in [0.15, 0.2) is 5.67 Å². The van der Waals surface area contributed by atoms with Crippen LogP contribution in [-0.4, -0.2) is 30.6 Å². The molecule has 2 amide bonds. The van der Waals surface area contributed by atoms with E-state index in [1.165, 1.54) is 12.2 Å². The van der Waals surface area contributed by atoms with Gasteiger partial charge in [-0.05, 0) is 6.92 Å². The average molecular weight is 228 g/mol. The van der Waals surface area contributed by atoms with E-state index in [2.05, 4.69) is 23.8 Å². The third-order valence-corrected chi connectivity index (χ3v) is 1.82. The van der Waals surface area contributed by atoms with E-state index in [1.807, 2.05) is 0 Å². The summed E-state index contributed by atoms with van der Waals surface area (Å²) in [5.74, 6) is -1.35. The molecule has 0 aromatic heterocycles. The molecule has 0 aromatic carbocycles. The second-order valence-electron chi connectivity index (χ2n) is 3.47. The lowest BCUT2D eigenvalue weighted by molar-refractivity contribution is -0.137. The van der Waals surface area contributed by atoms with Crippen LogP contribution in [-0.2, 0) is 9.59 Å². The Morgan fingerprint density at radius 2 is 1.75 bits per heavy atom. The number of hydrogen-bond donors (Lipinski definition) is 2. The lowest BCUT2D eigenvalue weighted by Crippen LogP contribution is -2.44. The summed E-state index contributed by atoms with van der Waals surface area (Å²) in [6.07, 6.45) is 2.40. The number of hydrogen-bond acceptors (Lipinski definition) is 2. The van der Waals surface area contributed by atoms with E-state index >= 15 is 0 Å². The van der Waals surface area contributed by atoms with Crippen LogP contribution in [0, 0.1) is 0 Å². The van der Waals surface area contributed by atoms with E-state index in [0.29, 0.717) is 0 Å². The molecule has 0 radical (unpaired) electrons. The minimum Gasteiger partial charge on any atom is -0.353 e. The van der Waals surface area contributed by atoms with Crippen molar-refractivity contribution >= 4 is 11.8 Å². The molecule has 0 aliphatic carbocycles. The summed E-state index contributed by atoms with van der Waals surface area (Å²) >= 11 is 0. The highest BCUT2D eigenvalue weighted by Gasteiger charge is 2.35. The first kappa shape index (κ1) is 14.3. The van der Waals surface area contributed by atoms with Crippen molar-refractivity contribution in [2.24, 2.45) is 0 Å². The van der Waals surface area contributed by atoms with Crippen molar-refractivity contribution in [2.75, 3.05) is 13.1 Å². The topological polar surface area (TPSA) is 58.2 Å². The van der Waals surface area contributed by atoms with E-state index in [-0.39, 0.29) is 13.1 Å². The van der Waals surface area contributed by atoms with Gasteiger partial charge in [0.2, 0.25) is 5.91 Å². The maximum absolute atomic E-state index is 13.8. The van der Waals surface area contributed by atoms with Gasteiger partial charge in [0.1, 0.15) is 0 Å². The zero-order valence-electron chi connectivity index (χ0n) is 9.38. The van der Waals surface area contributed by atoms with Crippen molar-refractivity contribution in [3.05, 3.63) is 25.3 Å². The molecule has 0 spiro atoms. The van der Waals surface area contributed by atoms with Gasteiger partial charge in [0.05, 0.1) is 6.42 Å². The number of nitrogens with one attached hydrogen (secondary N) is 2. The van der Waals surface area contributed by atoms with Gasteiger partial charge in [-0.3, -0.25) is 9.59 Å². The zero-order valence-corrected chi connectivity index (χ0v) is 9.38. The molecule has 1 unspecified atom stereocenters. The maximum Gasteiger partial charge on any atom is 0.258 e. The molecule has 0 rings (SSSR count). The predicted octanol–water partition coefficient (Wildman–Crippen LogP) is 0.709. The Balaban J connectivity index is 4.20. The molecule has 0 fully saturated rings. The SMILES string of the molecule is C=CCNC(=O)CC(C)(F)C(=O)NCC=C. The Kier molecular flexibility index (Phi) is 6.07. The van der Waals surface area contributed by atoms with Gasteiger partial charge >= 0.3 is 0 Å². The highest BCUT2D eigenvalue weighted by Crippen LogP contribution is 2.15. The van der Waals surface area contributed by atoms with Crippen LogP contribution in [0.25, 0.3) is 0 Å². The first-order valence-electron chi connectivity index (χ1n) is 4.89. The van der Waals surface area contributed by atoms with E-state index in [1.54, 1.807) is 0 Å². The summed E-state index contributed by atoms with van der Waals surface area (Å²) in [5.41, 5.74) is -2.21. The molecule has 4 nitrogen and oxygen atoms in total. The van der Waals surface area contributed by atoms with Crippen LogP contribution in [0.4, 0.5) is 4.39 Å². The van der Waals surface area contributed by atoms with Crippen molar-refractivity contribution in [3.8, 4) is 0 Å². The third-order valence-electron chi connectivity index (χ3n) is 1.82. The molecule has 0 aliphatic heterocycles. The van der Waals surface area contributed by atoms with Crippen LogP contribution in [0.15, 0.2) is 25.3 Å². The molecular formula is C11H17FN2O2. The first-order valence-corrected chi connectivity index (χ1v) is 4.89. The van der Waals surface area contributed by atoms with Crippen molar-refractivity contribution in [1.29, 1.82) is 0 Å². The van der Waals surface area contributed by atoms with Crippen LogP contribution in [0.2, 0.25) is 0 Å². The van der Waals surface area contributed by atoms with Crippen LogP contribution < -0.4 is 10.6 Å². The predicted molar refractivity (Wildman–Crippen MR) is 60.5 cm³/mol. The molecule has 90 valence electrons. The standard InChI is InChI=1S/C11H17FN2O2/c1-4-6-13-9(15)8-11(3,12)10(16)14-7-5-2/h4-5H,1-2,6-8H2,3H3,(H,13,15)(H,14,16). The molecule has 0 aliphatic rings. The Hall–Kier alpha value is -1.65. The second-order valence-corrected chi connectivity index (χ2v) is 3.47. The van der Waals surface area contributed by atoms with Crippen molar-refractivity contribution in [3.63, 3.8) is 0 Å². The van der Waals surface area contributed by atoms with Gasteiger partial charge in [-0.15, -0.1) is 13.2 Å². The number of carbonyl (C=O) groups excluding carboxylic acids is 2.